The van der Waals surface area contributed by atoms with Crippen LogP contribution in [0.2, 0.25) is 0 Å². The van der Waals surface area contributed by atoms with Crippen molar-refractivity contribution in [3.05, 3.63) is 24.0 Å². The lowest BCUT2D eigenvalue weighted by Gasteiger charge is -2.28. The van der Waals surface area contributed by atoms with Crippen molar-refractivity contribution in [3.63, 3.8) is 0 Å². The highest BCUT2D eigenvalue weighted by atomic mass is 16.5. The van der Waals surface area contributed by atoms with E-state index in [1.165, 1.54) is 13.3 Å². The van der Waals surface area contributed by atoms with E-state index in [2.05, 4.69) is 9.72 Å². The van der Waals surface area contributed by atoms with Crippen LogP contribution in [0.5, 0.6) is 0 Å². The van der Waals surface area contributed by atoms with Crippen LogP contribution < -0.4 is 4.90 Å². The molecule has 0 aliphatic rings. The van der Waals surface area contributed by atoms with Crippen molar-refractivity contribution in [2.24, 2.45) is 0 Å². The summed E-state index contributed by atoms with van der Waals surface area (Å²) >= 11 is 0. The average molecular weight is 266 g/mol. The maximum absolute atomic E-state index is 11.4. The number of aliphatic carboxylic acids is 1. The quantitative estimate of drug-likeness (QED) is 0.787. The average Bonchev–Trinajstić information content (AvgIpc) is 2.37. The second-order valence-electron chi connectivity index (χ2n) is 4.32. The number of methoxy groups -OCH3 is 1. The van der Waals surface area contributed by atoms with Gasteiger partial charge >= 0.3 is 11.9 Å². The number of hydrogen-bond donors (Lipinski definition) is 1. The summed E-state index contributed by atoms with van der Waals surface area (Å²) in [5.74, 6) is -1.36. The molecule has 6 heteroatoms. The third-order valence-electron chi connectivity index (χ3n) is 2.66. The molecule has 0 saturated heterocycles. The van der Waals surface area contributed by atoms with Crippen LogP contribution in [-0.2, 0) is 9.53 Å². The van der Waals surface area contributed by atoms with Gasteiger partial charge in [-0.25, -0.2) is 9.78 Å². The molecule has 1 heterocycles. The lowest BCUT2D eigenvalue weighted by atomic mass is 10.2. The Balaban J connectivity index is 2.96. The molecule has 1 aromatic rings. The number of carbonyl (C=O) groups excluding carboxylic acids is 1. The summed E-state index contributed by atoms with van der Waals surface area (Å²) in [5.41, 5.74) is 0.965. The molecular formula is C13H18N2O4. The van der Waals surface area contributed by atoms with Crippen molar-refractivity contribution >= 4 is 17.6 Å². The molecule has 19 heavy (non-hydrogen) atoms. The summed E-state index contributed by atoms with van der Waals surface area (Å²) in [6, 6.07) is 3.47. The molecule has 0 atom stereocenters. The Bertz CT molecular complexity index is 460. The Hall–Kier alpha value is -2.11. The third kappa shape index (κ3) is 4.24. The molecule has 1 N–H and O–H groups in total. The molecule has 0 unspecified atom stereocenters. The zero-order valence-corrected chi connectivity index (χ0v) is 11.3. The molecule has 0 aliphatic heterocycles. The van der Waals surface area contributed by atoms with E-state index in [0.29, 0.717) is 6.54 Å². The largest absolute Gasteiger partial charge is 0.481 e. The number of pyridine rings is 1. The van der Waals surface area contributed by atoms with Crippen LogP contribution in [0, 0.1) is 0 Å². The normalized spacial score (nSPS) is 10.3. The SMILES string of the molecule is COC(=O)c1cc(N(CCC(=O)O)C(C)C)ccn1. The number of ether oxygens (including phenoxy) is 1. The minimum absolute atomic E-state index is 0.0358. The molecule has 0 aliphatic carbocycles. The van der Waals surface area contributed by atoms with Crippen molar-refractivity contribution in [2.75, 3.05) is 18.6 Å². The second-order valence-corrected chi connectivity index (χ2v) is 4.32. The summed E-state index contributed by atoms with van der Waals surface area (Å²) in [5, 5.41) is 8.76. The lowest BCUT2D eigenvalue weighted by molar-refractivity contribution is -0.136. The van der Waals surface area contributed by atoms with Gasteiger partial charge in [-0.15, -0.1) is 0 Å². The predicted molar refractivity (Wildman–Crippen MR) is 70.3 cm³/mol. The van der Waals surface area contributed by atoms with Gasteiger partial charge in [0.25, 0.3) is 0 Å². The fourth-order valence-corrected chi connectivity index (χ4v) is 1.72. The standard InChI is InChI=1S/C13H18N2O4/c1-9(2)15(7-5-12(16)17)10-4-6-14-11(8-10)13(18)19-3/h4,6,8-9H,5,7H2,1-3H3,(H,16,17). The summed E-state index contributed by atoms with van der Waals surface area (Å²) < 4.78 is 4.62. The zero-order chi connectivity index (χ0) is 14.4. The van der Waals surface area contributed by atoms with Gasteiger partial charge < -0.3 is 14.7 Å². The highest BCUT2D eigenvalue weighted by molar-refractivity contribution is 5.88. The molecule has 0 aromatic carbocycles. The van der Waals surface area contributed by atoms with Crippen molar-refractivity contribution in [2.45, 2.75) is 26.3 Å². The molecule has 0 amide bonds. The van der Waals surface area contributed by atoms with Gasteiger partial charge in [0.2, 0.25) is 0 Å². The van der Waals surface area contributed by atoms with Crippen molar-refractivity contribution in [1.29, 1.82) is 0 Å². The first kappa shape index (κ1) is 14.9. The van der Waals surface area contributed by atoms with E-state index in [1.807, 2.05) is 18.7 Å². The van der Waals surface area contributed by atoms with Crippen LogP contribution in [0.25, 0.3) is 0 Å². The van der Waals surface area contributed by atoms with Gasteiger partial charge in [-0.1, -0.05) is 0 Å². The van der Waals surface area contributed by atoms with E-state index in [1.54, 1.807) is 12.1 Å². The second kappa shape index (κ2) is 6.72. The Morgan fingerprint density at radius 3 is 2.68 bits per heavy atom. The van der Waals surface area contributed by atoms with Crippen LogP contribution in [0.3, 0.4) is 0 Å². The summed E-state index contributed by atoms with van der Waals surface area (Å²) in [6.07, 6.45) is 1.55. The number of nitrogens with zero attached hydrogens (tertiary/aromatic N) is 2. The highest BCUT2D eigenvalue weighted by Crippen LogP contribution is 2.18. The Labute approximate surface area is 112 Å². The summed E-state index contributed by atoms with van der Waals surface area (Å²) in [4.78, 5) is 27.9. The van der Waals surface area contributed by atoms with Gasteiger partial charge in [-0.2, -0.15) is 0 Å². The summed E-state index contributed by atoms with van der Waals surface area (Å²) in [7, 11) is 1.29. The highest BCUT2D eigenvalue weighted by Gasteiger charge is 2.15. The predicted octanol–water partition coefficient (Wildman–Crippen LogP) is 1.56. The van der Waals surface area contributed by atoms with Gasteiger partial charge in [0.15, 0.2) is 0 Å². The van der Waals surface area contributed by atoms with E-state index in [0.717, 1.165) is 5.69 Å². The maximum Gasteiger partial charge on any atom is 0.356 e. The molecule has 0 fully saturated rings. The maximum atomic E-state index is 11.4. The fraction of sp³-hybridized carbons (Fsp3) is 0.462. The minimum atomic E-state index is -0.854. The minimum Gasteiger partial charge on any atom is -0.481 e. The lowest BCUT2D eigenvalue weighted by Crippen LogP contribution is -2.33. The van der Waals surface area contributed by atoms with Gasteiger partial charge in [0.05, 0.1) is 13.5 Å². The Morgan fingerprint density at radius 1 is 1.47 bits per heavy atom. The molecule has 0 saturated carbocycles. The van der Waals surface area contributed by atoms with E-state index in [4.69, 9.17) is 5.11 Å². The van der Waals surface area contributed by atoms with Crippen LogP contribution in [0.15, 0.2) is 18.3 Å². The topological polar surface area (TPSA) is 79.7 Å². The zero-order valence-electron chi connectivity index (χ0n) is 11.3. The third-order valence-corrected chi connectivity index (χ3v) is 2.66. The first-order valence-electron chi connectivity index (χ1n) is 5.98. The smallest absolute Gasteiger partial charge is 0.356 e. The number of rotatable bonds is 6. The molecule has 0 radical (unpaired) electrons. The first-order chi connectivity index (χ1) is 8.95. The molecule has 0 spiro atoms. The molecular weight excluding hydrogens is 248 g/mol. The van der Waals surface area contributed by atoms with Gasteiger partial charge in [-0.05, 0) is 26.0 Å². The number of carbonyl (C=O) groups is 2. The van der Waals surface area contributed by atoms with Crippen molar-refractivity contribution in [3.8, 4) is 0 Å². The first-order valence-corrected chi connectivity index (χ1v) is 5.98. The molecule has 0 bridgehead atoms. The van der Waals surface area contributed by atoms with Crippen molar-refractivity contribution in [1.82, 2.24) is 4.98 Å². The monoisotopic (exact) mass is 266 g/mol. The fourth-order valence-electron chi connectivity index (χ4n) is 1.72. The molecule has 6 nitrogen and oxygen atoms in total. The number of anilines is 1. The van der Waals surface area contributed by atoms with Gasteiger partial charge in [-0.3, -0.25) is 4.79 Å². The van der Waals surface area contributed by atoms with Gasteiger partial charge in [0.1, 0.15) is 5.69 Å². The van der Waals surface area contributed by atoms with E-state index < -0.39 is 11.9 Å². The van der Waals surface area contributed by atoms with Crippen LogP contribution in [-0.4, -0.2) is 41.7 Å². The Morgan fingerprint density at radius 2 is 2.16 bits per heavy atom. The number of carboxylic acid groups (broad SMARTS) is 1. The van der Waals surface area contributed by atoms with Crippen LogP contribution in [0.1, 0.15) is 30.8 Å². The van der Waals surface area contributed by atoms with Crippen LogP contribution >= 0.6 is 0 Å². The van der Waals surface area contributed by atoms with Crippen molar-refractivity contribution < 1.29 is 19.4 Å². The van der Waals surface area contributed by atoms with E-state index in [9.17, 15) is 9.59 Å². The van der Waals surface area contributed by atoms with E-state index in [-0.39, 0.29) is 18.2 Å². The number of hydrogen-bond acceptors (Lipinski definition) is 5. The number of carboxylic acids is 1. The van der Waals surface area contributed by atoms with E-state index >= 15 is 0 Å². The number of aromatic nitrogens is 1. The van der Waals surface area contributed by atoms with Crippen LogP contribution in [0.4, 0.5) is 5.69 Å². The summed E-state index contributed by atoms with van der Waals surface area (Å²) in [6.45, 7) is 4.29. The molecule has 104 valence electrons. The van der Waals surface area contributed by atoms with Gasteiger partial charge in [0, 0.05) is 24.5 Å². The molecule has 1 aromatic heterocycles. The molecule has 1 rings (SSSR count). The Kier molecular flexibility index (Phi) is 5.29. The number of esters is 1.